The maximum absolute atomic E-state index is 12.9. The van der Waals surface area contributed by atoms with Crippen molar-refractivity contribution in [1.29, 1.82) is 0 Å². The zero-order valence-corrected chi connectivity index (χ0v) is 13.9. The van der Waals surface area contributed by atoms with Gasteiger partial charge in [0.05, 0.1) is 12.8 Å². The SMILES string of the molecule is COc1ccc2c(c1)CCc1sc(N=Cc3ccc(F)cc3)nc1-2. The molecule has 0 saturated heterocycles. The van der Waals surface area contributed by atoms with Gasteiger partial charge in [0, 0.05) is 16.7 Å². The first-order chi connectivity index (χ1) is 11.7. The fourth-order valence-electron chi connectivity index (χ4n) is 2.84. The fraction of sp³-hybridized carbons (Fsp3) is 0.158. The first-order valence-corrected chi connectivity index (χ1v) is 8.51. The molecule has 4 rings (SSSR count). The van der Waals surface area contributed by atoms with Crippen LogP contribution < -0.4 is 4.74 Å². The average Bonchev–Trinajstić information content (AvgIpc) is 3.04. The van der Waals surface area contributed by atoms with Crippen LogP contribution in [-0.2, 0) is 12.8 Å². The number of aryl methyl sites for hydroxylation is 2. The highest BCUT2D eigenvalue weighted by Gasteiger charge is 2.21. The number of nitrogens with zero attached hydrogens (tertiary/aromatic N) is 2. The molecule has 0 unspecified atom stereocenters. The minimum Gasteiger partial charge on any atom is -0.497 e. The normalized spacial score (nSPS) is 12.9. The van der Waals surface area contributed by atoms with Gasteiger partial charge in [0.25, 0.3) is 0 Å². The van der Waals surface area contributed by atoms with Crippen molar-refractivity contribution in [3.05, 3.63) is 64.3 Å². The van der Waals surface area contributed by atoms with E-state index in [1.165, 1.54) is 22.6 Å². The van der Waals surface area contributed by atoms with E-state index in [1.54, 1.807) is 36.8 Å². The van der Waals surface area contributed by atoms with Gasteiger partial charge < -0.3 is 4.74 Å². The van der Waals surface area contributed by atoms with E-state index in [0.29, 0.717) is 0 Å². The van der Waals surface area contributed by atoms with Crippen molar-refractivity contribution in [3.63, 3.8) is 0 Å². The van der Waals surface area contributed by atoms with Gasteiger partial charge in [-0.25, -0.2) is 14.4 Å². The monoisotopic (exact) mass is 338 g/mol. The van der Waals surface area contributed by atoms with Gasteiger partial charge in [-0.05, 0) is 54.3 Å². The van der Waals surface area contributed by atoms with Crippen molar-refractivity contribution >= 4 is 22.7 Å². The second-order valence-electron chi connectivity index (χ2n) is 5.60. The van der Waals surface area contributed by atoms with E-state index in [2.05, 4.69) is 22.1 Å². The summed E-state index contributed by atoms with van der Waals surface area (Å²) in [6, 6.07) is 12.4. The van der Waals surface area contributed by atoms with Crippen LogP contribution >= 0.6 is 11.3 Å². The molecule has 24 heavy (non-hydrogen) atoms. The first kappa shape index (κ1) is 15.0. The van der Waals surface area contributed by atoms with Crippen LogP contribution in [0.25, 0.3) is 11.3 Å². The molecule has 0 amide bonds. The van der Waals surface area contributed by atoms with E-state index in [1.807, 2.05) is 6.07 Å². The summed E-state index contributed by atoms with van der Waals surface area (Å²) in [6.07, 6.45) is 3.68. The zero-order valence-electron chi connectivity index (χ0n) is 13.1. The average molecular weight is 338 g/mol. The molecule has 3 nitrogen and oxygen atoms in total. The second-order valence-corrected chi connectivity index (χ2v) is 6.66. The van der Waals surface area contributed by atoms with Crippen LogP contribution in [0.5, 0.6) is 5.75 Å². The molecular formula is C19H15FN2OS. The molecule has 0 atom stereocenters. The Balaban J connectivity index is 1.65. The summed E-state index contributed by atoms with van der Waals surface area (Å²) in [7, 11) is 1.68. The van der Waals surface area contributed by atoms with Gasteiger partial charge in [0.2, 0.25) is 5.13 Å². The number of fused-ring (bicyclic) bond motifs is 3. The summed E-state index contributed by atoms with van der Waals surface area (Å²) in [4.78, 5) is 10.4. The standard InChI is InChI=1S/C19H15FN2OS/c1-23-15-7-8-16-13(10-15)4-9-17-18(16)22-19(24-17)21-11-12-2-5-14(20)6-3-12/h2-3,5-8,10-11H,4,9H2,1H3. The topological polar surface area (TPSA) is 34.5 Å². The van der Waals surface area contributed by atoms with E-state index in [4.69, 9.17) is 4.74 Å². The van der Waals surface area contributed by atoms with Crippen molar-refractivity contribution in [2.24, 2.45) is 4.99 Å². The largest absolute Gasteiger partial charge is 0.497 e. The van der Waals surface area contributed by atoms with Gasteiger partial charge in [-0.2, -0.15) is 0 Å². The molecule has 1 aromatic heterocycles. The molecule has 0 N–H and O–H groups in total. The number of hydrogen-bond donors (Lipinski definition) is 0. The minimum atomic E-state index is -0.246. The molecule has 2 aromatic carbocycles. The van der Waals surface area contributed by atoms with Crippen LogP contribution in [0.3, 0.4) is 0 Å². The molecule has 1 heterocycles. The van der Waals surface area contributed by atoms with Gasteiger partial charge in [-0.15, -0.1) is 0 Å². The maximum Gasteiger partial charge on any atom is 0.209 e. The number of thiazole rings is 1. The van der Waals surface area contributed by atoms with E-state index >= 15 is 0 Å². The third kappa shape index (κ3) is 2.83. The molecule has 1 aliphatic rings. The summed E-state index contributed by atoms with van der Waals surface area (Å²) in [5.74, 6) is 0.630. The molecule has 1 aliphatic carbocycles. The van der Waals surface area contributed by atoms with E-state index < -0.39 is 0 Å². The van der Waals surface area contributed by atoms with Gasteiger partial charge >= 0.3 is 0 Å². The highest BCUT2D eigenvalue weighted by molar-refractivity contribution is 7.15. The summed E-state index contributed by atoms with van der Waals surface area (Å²) in [5, 5.41) is 0.730. The summed E-state index contributed by atoms with van der Waals surface area (Å²) >= 11 is 1.62. The Morgan fingerprint density at radius 3 is 2.79 bits per heavy atom. The number of rotatable bonds is 3. The van der Waals surface area contributed by atoms with Gasteiger partial charge in [-0.3, -0.25) is 0 Å². The third-order valence-corrected chi connectivity index (χ3v) is 5.09. The Morgan fingerprint density at radius 2 is 2.00 bits per heavy atom. The van der Waals surface area contributed by atoms with Crippen LogP contribution in [0.15, 0.2) is 47.5 Å². The van der Waals surface area contributed by atoms with Crippen LogP contribution in [0.4, 0.5) is 9.52 Å². The molecule has 0 saturated carbocycles. The lowest BCUT2D eigenvalue weighted by atomic mass is 9.93. The lowest BCUT2D eigenvalue weighted by Crippen LogP contribution is -2.02. The van der Waals surface area contributed by atoms with E-state index in [0.717, 1.165) is 40.5 Å². The molecule has 0 spiro atoms. The first-order valence-electron chi connectivity index (χ1n) is 7.69. The lowest BCUT2D eigenvalue weighted by Gasteiger charge is -2.15. The van der Waals surface area contributed by atoms with Gasteiger partial charge in [0.15, 0.2) is 0 Å². The number of halogens is 1. The third-order valence-electron chi connectivity index (χ3n) is 4.07. The molecule has 0 radical (unpaired) electrons. The van der Waals surface area contributed by atoms with Crippen molar-refractivity contribution in [2.45, 2.75) is 12.8 Å². The Bertz CT molecular complexity index is 916. The summed E-state index contributed by atoms with van der Waals surface area (Å²) in [6.45, 7) is 0. The number of methoxy groups -OCH3 is 1. The van der Waals surface area contributed by atoms with Crippen LogP contribution in [-0.4, -0.2) is 18.3 Å². The number of ether oxygens (including phenoxy) is 1. The Kier molecular flexibility index (Phi) is 3.86. The number of aromatic nitrogens is 1. The molecule has 0 aliphatic heterocycles. The molecule has 3 aromatic rings. The predicted octanol–water partition coefficient (Wildman–Crippen LogP) is 4.81. The second kappa shape index (κ2) is 6.17. The van der Waals surface area contributed by atoms with Crippen molar-refractivity contribution < 1.29 is 9.13 Å². The van der Waals surface area contributed by atoms with Gasteiger partial charge in [-0.1, -0.05) is 23.5 Å². The highest BCUT2D eigenvalue weighted by atomic mass is 32.1. The summed E-state index contributed by atoms with van der Waals surface area (Å²) < 4.78 is 18.2. The minimum absolute atomic E-state index is 0.246. The highest BCUT2D eigenvalue weighted by Crippen LogP contribution is 2.40. The lowest BCUT2D eigenvalue weighted by molar-refractivity contribution is 0.414. The van der Waals surface area contributed by atoms with Crippen LogP contribution in [0.2, 0.25) is 0 Å². The number of aliphatic imine (C=N–C) groups is 1. The Labute approximate surface area is 143 Å². The Morgan fingerprint density at radius 1 is 1.17 bits per heavy atom. The number of benzene rings is 2. The van der Waals surface area contributed by atoms with E-state index in [-0.39, 0.29) is 5.82 Å². The fourth-order valence-corrected chi connectivity index (χ4v) is 3.76. The number of hydrogen-bond acceptors (Lipinski definition) is 4. The molecular weight excluding hydrogens is 323 g/mol. The predicted molar refractivity (Wildman–Crippen MR) is 95.2 cm³/mol. The van der Waals surface area contributed by atoms with Crippen molar-refractivity contribution in [1.82, 2.24) is 4.98 Å². The Hall–Kier alpha value is -2.53. The summed E-state index contributed by atoms with van der Waals surface area (Å²) in [5.41, 5.74) is 4.31. The van der Waals surface area contributed by atoms with Crippen LogP contribution in [0.1, 0.15) is 16.0 Å². The molecule has 5 heteroatoms. The molecule has 0 fully saturated rings. The van der Waals surface area contributed by atoms with Crippen molar-refractivity contribution in [3.8, 4) is 17.0 Å². The zero-order chi connectivity index (χ0) is 16.5. The smallest absolute Gasteiger partial charge is 0.209 e. The molecule has 0 bridgehead atoms. The van der Waals surface area contributed by atoms with Gasteiger partial charge in [0.1, 0.15) is 11.6 Å². The van der Waals surface area contributed by atoms with E-state index in [9.17, 15) is 4.39 Å². The van der Waals surface area contributed by atoms with Crippen LogP contribution in [0, 0.1) is 5.82 Å². The van der Waals surface area contributed by atoms with Crippen molar-refractivity contribution in [2.75, 3.05) is 7.11 Å². The maximum atomic E-state index is 12.9. The quantitative estimate of drug-likeness (QED) is 0.643. The molecule has 120 valence electrons.